The molecule has 1 N–H and O–H groups in total. The second kappa shape index (κ2) is 5.88. The number of phenols is 1. The normalized spacial score (nSPS) is 11.5. The summed E-state index contributed by atoms with van der Waals surface area (Å²) in [5, 5.41) is 14.1. The molecular formula is C16H12F3N3O2. The number of halogens is 3. The highest BCUT2D eigenvalue weighted by Gasteiger charge is 2.34. The Morgan fingerprint density at radius 1 is 1.17 bits per heavy atom. The fraction of sp³-hybridized carbons (Fsp3) is 0.125. The van der Waals surface area contributed by atoms with Crippen LogP contribution in [0.1, 0.15) is 5.56 Å². The van der Waals surface area contributed by atoms with E-state index in [2.05, 4.69) is 10.1 Å². The number of hydrogen-bond donors (Lipinski definition) is 1. The SMILES string of the molecule is COc1ccc(-c2ccn(-c3ncccc3C(F)(F)F)n2)c(O)c1. The summed E-state index contributed by atoms with van der Waals surface area (Å²) in [5.41, 5.74) is -0.202. The molecule has 5 nitrogen and oxygen atoms in total. The molecule has 3 aromatic rings. The van der Waals surface area contributed by atoms with Crippen LogP contribution in [-0.4, -0.2) is 27.0 Å². The summed E-state index contributed by atoms with van der Waals surface area (Å²) in [4.78, 5) is 3.77. The number of aromatic nitrogens is 3. The molecular weight excluding hydrogens is 323 g/mol. The van der Waals surface area contributed by atoms with Crippen LogP contribution in [0.2, 0.25) is 0 Å². The minimum atomic E-state index is -4.54. The van der Waals surface area contributed by atoms with E-state index >= 15 is 0 Å². The van der Waals surface area contributed by atoms with E-state index in [9.17, 15) is 18.3 Å². The van der Waals surface area contributed by atoms with Gasteiger partial charge in [0.05, 0.1) is 12.8 Å². The number of pyridine rings is 1. The lowest BCUT2D eigenvalue weighted by molar-refractivity contribution is -0.137. The number of phenolic OH excluding ortho intramolecular Hbond substituents is 1. The van der Waals surface area contributed by atoms with Gasteiger partial charge in [0.1, 0.15) is 17.1 Å². The van der Waals surface area contributed by atoms with Crippen molar-refractivity contribution < 1.29 is 23.0 Å². The molecule has 0 radical (unpaired) electrons. The Balaban J connectivity index is 2.04. The van der Waals surface area contributed by atoms with Gasteiger partial charge in [-0.15, -0.1) is 0 Å². The smallest absolute Gasteiger partial charge is 0.420 e. The van der Waals surface area contributed by atoms with Crippen molar-refractivity contribution in [3.05, 3.63) is 54.4 Å². The Labute approximate surface area is 135 Å². The second-order valence-corrected chi connectivity index (χ2v) is 4.90. The third-order valence-corrected chi connectivity index (χ3v) is 3.38. The van der Waals surface area contributed by atoms with Crippen molar-refractivity contribution in [1.82, 2.24) is 14.8 Å². The van der Waals surface area contributed by atoms with E-state index in [0.717, 1.165) is 10.7 Å². The molecule has 124 valence electrons. The molecule has 8 heteroatoms. The summed E-state index contributed by atoms with van der Waals surface area (Å²) >= 11 is 0. The minimum absolute atomic E-state index is 0.0864. The van der Waals surface area contributed by atoms with Crippen molar-refractivity contribution in [2.75, 3.05) is 7.11 Å². The lowest BCUT2D eigenvalue weighted by Crippen LogP contribution is -2.12. The van der Waals surface area contributed by atoms with Crippen LogP contribution >= 0.6 is 0 Å². The van der Waals surface area contributed by atoms with Crippen LogP contribution in [0.5, 0.6) is 11.5 Å². The van der Waals surface area contributed by atoms with Crippen LogP contribution in [0.25, 0.3) is 17.1 Å². The Morgan fingerprint density at radius 2 is 1.96 bits per heavy atom. The van der Waals surface area contributed by atoms with Crippen LogP contribution in [0.4, 0.5) is 13.2 Å². The van der Waals surface area contributed by atoms with Gasteiger partial charge in [0.15, 0.2) is 5.82 Å². The minimum Gasteiger partial charge on any atom is -0.507 e. The van der Waals surface area contributed by atoms with Crippen molar-refractivity contribution in [2.24, 2.45) is 0 Å². The van der Waals surface area contributed by atoms with Gasteiger partial charge in [-0.05, 0) is 30.3 Å². The first-order valence-corrected chi connectivity index (χ1v) is 6.86. The van der Waals surface area contributed by atoms with E-state index in [4.69, 9.17) is 4.74 Å². The second-order valence-electron chi connectivity index (χ2n) is 4.90. The number of ether oxygens (including phenoxy) is 1. The van der Waals surface area contributed by atoms with Crippen molar-refractivity contribution in [3.8, 4) is 28.6 Å². The van der Waals surface area contributed by atoms with E-state index in [1.807, 2.05) is 0 Å². The first-order chi connectivity index (χ1) is 11.4. The molecule has 0 atom stereocenters. The molecule has 0 aliphatic heterocycles. The number of aromatic hydroxyl groups is 1. The third-order valence-electron chi connectivity index (χ3n) is 3.38. The number of hydrogen-bond acceptors (Lipinski definition) is 4. The fourth-order valence-corrected chi connectivity index (χ4v) is 2.24. The first-order valence-electron chi connectivity index (χ1n) is 6.86. The molecule has 0 bridgehead atoms. The van der Waals surface area contributed by atoms with Crippen molar-refractivity contribution >= 4 is 0 Å². The Bertz CT molecular complexity index is 875. The molecule has 0 aliphatic rings. The molecule has 2 aromatic heterocycles. The summed E-state index contributed by atoms with van der Waals surface area (Å²) < 4.78 is 45.3. The highest BCUT2D eigenvalue weighted by Crippen LogP contribution is 2.34. The molecule has 2 heterocycles. The van der Waals surface area contributed by atoms with Gasteiger partial charge in [0.25, 0.3) is 0 Å². The van der Waals surface area contributed by atoms with Gasteiger partial charge < -0.3 is 9.84 Å². The fourth-order valence-electron chi connectivity index (χ4n) is 2.24. The van der Waals surface area contributed by atoms with Crippen molar-refractivity contribution in [1.29, 1.82) is 0 Å². The zero-order valence-electron chi connectivity index (χ0n) is 12.4. The highest BCUT2D eigenvalue weighted by molar-refractivity contribution is 5.68. The van der Waals surface area contributed by atoms with Gasteiger partial charge in [0.2, 0.25) is 0 Å². The lowest BCUT2D eigenvalue weighted by atomic mass is 10.1. The topological polar surface area (TPSA) is 60.2 Å². The predicted molar refractivity (Wildman–Crippen MR) is 80.0 cm³/mol. The zero-order valence-corrected chi connectivity index (χ0v) is 12.4. The lowest BCUT2D eigenvalue weighted by Gasteiger charge is -2.11. The van der Waals surface area contributed by atoms with E-state index < -0.39 is 11.7 Å². The molecule has 0 fully saturated rings. The highest BCUT2D eigenvalue weighted by atomic mass is 19.4. The van der Waals surface area contributed by atoms with E-state index in [-0.39, 0.29) is 11.6 Å². The average Bonchev–Trinajstić information content (AvgIpc) is 3.03. The molecule has 0 saturated carbocycles. The maximum atomic E-state index is 13.1. The van der Waals surface area contributed by atoms with E-state index in [1.165, 1.54) is 37.7 Å². The molecule has 0 aliphatic carbocycles. The Kier molecular flexibility index (Phi) is 3.88. The standard InChI is InChI=1S/C16H12F3N3O2/c1-24-10-4-5-11(14(23)9-10)13-6-8-22(21-13)15-12(16(17,18)19)3-2-7-20-15/h2-9,23H,1H3. The summed E-state index contributed by atoms with van der Waals surface area (Å²) in [5.74, 6) is 0.0423. The van der Waals surface area contributed by atoms with Gasteiger partial charge in [-0.1, -0.05) is 0 Å². The molecule has 1 aromatic carbocycles. The quantitative estimate of drug-likeness (QED) is 0.793. The van der Waals surface area contributed by atoms with Crippen LogP contribution < -0.4 is 4.74 Å². The number of alkyl halides is 3. The van der Waals surface area contributed by atoms with Crippen molar-refractivity contribution in [3.63, 3.8) is 0 Å². The van der Waals surface area contributed by atoms with Crippen LogP contribution in [-0.2, 0) is 6.18 Å². The molecule has 0 amide bonds. The van der Waals surface area contributed by atoms with Gasteiger partial charge in [-0.3, -0.25) is 0 Å². The number of methoxy groups -OCH3 is 1. The molecule has 0 unspecified atom stereocenters. The van der Waals surface area contributed by atoms with E-state index in [1.54, 1.807) is 12.1 Å². The maximum Gasteiger partial charge on any atom is 0.420 e. The summed E-state index contributed by atoms with van der Waals surface area (Å²) in [6.07, 6.45) is -1.93. The van der Waals surface area contributed by atoms with Crippen LogP contribution in [0, 0.1) is 0 Å². The summed E-state index contributed by atoms with van der Waals surface area (Å²) in [6.45, 7) is 0. The summed E-state index contributed by atoms with van der Waals surface area (Å²) in [7, 11) is 1.46. The summed E-state index contributed by atoms with van der Waals surface area (Å²) in [6, 6.07) is 8.24. The molecule has 0 saturated heterocycles. The van der Waals surface area contributed by atoms with Crippen molar-refractivity contribution in [2.45, 2.75) is 6.18 Å². The maximum absolute atomic E-state index is 13.1. The average molecular weight is 335 g/mol. The number of nitrogens with zero attached hydrogens (tertiary/aromatic N) is 3. The van der Waals surface area contributed by atoms with Gasteiger partial charge in [-0.25, -0.2) is 9.67 Å². The van der Waals surface area contributed by atoms with Gasteiger partial charge in [-0.2, -0.15) is 18.3 Å². The largest absolute Gasteiger partial charge is 0.507 e. The number of benzene rings is 1. The third kappa shape index (κ3) is 2.90. The molecule has 3 rings (SSSR count). The van der Waals surface area contributed by atoms with E-state index in [0.29, 0.717) is 17.0 Å². The monoisotopic (exact) mass is 335 g/mol. The Hall–Kier alpha value is -3.03. The van der Waals surface area contributed by atoms with Crippen LogP contribution in [0.15, 0.2) is 48.8 Å². The Morgan fingerprint density at radius 3 is 2.62 bits per heavy atom. The predicted octanol–water partition coefficient (Wildman–Crippen LogP) is 3.67. The zero-order chi connectivity index (χ0) is 17.3. The van der Waals surface area contributed by atoms with Gasteiger partial charge >= 0.3 is 6.18 Å². The number of rotatable bonds is 3. The van der Waals surface area contributed by atoms with Gasteiger partial charge in [0, 0.05) is 24.0 Å². The van der Waals surface area contributed by atoms with Crippen LogP contribution in [0.3, 0.4) is 0 Å². The molecule has 24 heavy (non-hydrogen) atoms. The molecule has 0 spiro atoms. The first kappa shape index (κ1) is 15.9.